The smallest absolute Gasteiger partial charge is 0.0845 e. The highest BCUT2D eigenvalue weighted by molar-refractivity contribution is 5.31. The molecule has 1 aliphatic carbocycles. The molecule has 0 heterocycles. The summed E-state index contributed by atoms with van der Waals surface area (Å²) < 4.78 is 0. The Morgan fingerprint density at radius 2 is 1.83 bits per heavy atom. The van der Waals surface area contributed by atoms with Gasteiger partial charge >= 0.3 is 0 Å². The summed E-state index contributed by atoms with van der Waals surface area (Å²) in [5.74, 6) is 0.398. The van der Waals surface area contributed by atoms with Gasteiger partial charge in [0.1, 0.15) is 0 Å². The molecule has 0 amide bonds. The lowest BCUT2D eigenvalue weighted by atomic mass is 9.74. The minimum atomic E-state index is -0.533. The highest BCUT2D eigenvalue weighted by atomic mass is 16.3. The van der Waals surface area contributed by atoms with Crippen LogP contribution in [-0.4, -0.2) is 22.4 Å². The molecule has 2 heteroatoms. The van der Waals surface area contributed by atoms with Crippen molar-refractivity contribution in [2.75, 3.05) is 0 Å². The van der Waals surface area contributed by atoms with E-state index in [0.717, 1.165) is 24.0 Å². The molecule has 0 bridgehead atoms. The van der Waals surface area contributed by atoms with Gasteiger partial charge in [0.05, 0.1) is 12.2 Å². The average molecular weight is 252 g/mol. The Morgan fingerprint density at radius 1 is 1.22 bits per heavy atom. The van der Waals surface area contributed by atoms with Crippen molar-refractivity contribution in [2.24, 2.45) is 17.8 Å². The lowest BCUT2D eigenvalue weighted by molar-refractivity contribution is 0.0164. The number of allylic oxidation sites excluding steroid dienone is 2. The van der Waals surface area contributed by atoms with E-state index in [1.807, 2.05) is 26.8 Å². The number of aliphatic hydroxyl groups excluding tert-OH is 2. The molecule has 1 rings (SSSR count). The molecule has 104 valence electrons. The molecule has 0 radical (unpaired) electrons. The van der Waals surface area contributed by atoms with Crippen LogP contribution in [0.15, 0.2) is 23.3 Å². The quantitative estimate of drug-likeness (QED) is 0.788. The first-order chi connectivity index (χ1) is 8.40. The standard InChI is InChI=1S/C16H28O2/c1-6-7-11(4)13-9-8-12(5)14(16(13)18)15(17)10(2)3/h8-11,14-18H,6-7H2,1-5H3/t11?,14-,15?,16?/m0/s1. The largest absolute Gasteiger partial charge is 0.392 e. The van der Waals surface area contributed by atoms with Crippen LogP contribution in [0.1, 0.15) is 47.5 Å². The van der Waals surface area contributed by atoms with Crippen molar-refractivity contribution < 1.29 is 10.2 Å². The van der Waals surface area contributed by atoms with Gasteiger partial charge in [0, 0.05) is 5.92 Å². The molecule has 0 spiro atoms. The Hall–Kier alpha value is -0.600. The molecule has 0 aromatic carbocycles. The van der Waals surface area contributed by atoms with Crippen molar-refractivity contribution in [3.63, 3.8) is 0 Å². The van der Waals surface area contributed by atoms with Gasteiger partial charge in [-0.1, -0.05) is 51.8 Å². The number of hydrogen-bond acceptors (Lipinski definition) is 2. The fraction of sp³-hybridized carbons (Fsp3) is 0.750. The van der Waals surface area contributed by atoms with Crippen molar-refractivity contribution in [2.45, 2.75) is 59.7 Å². The van der Waals surface area contributed by atoms with Gasteiger partial charge < -0.3 is 10.2 Å². The second kappa shape index (κ2) is 6.53. The van der Waals surface area contributed by atoms with Crippen LogP contribution in [0.25, 0.3) is 0 Å². The molecule has 18 heavy (non-hydrogen) atoms. The topological polar surface area (TPSA) is 40.5 Å². The van der Waals surface area contributed by atoms with Crippen molar-refractivity contribution in [1.29, 1.82) is 0 Å². The predicted molar refractivity (Wildman–Crippen MR) is 76.3 cm³/mol. The fourth-order valence-electron chi connectivity index (χ4n) is 2.82. The zero-order chi connectivity index (χ0) is 13.9. The van der Waals surface area contributed by atoms with Crippen LogP contribution >= 0.6 is 0 Å². The van der Waals surface area contributed by atoms with Crippen molar-refractivity contribution >= 4 is 0 Å². The molecular weight excluding hydrogens is 224 g/mol. The van der Waals surface area contributed by atoms with Gasteiger partial charge in [-0.2, -0.15) is 0 Å². The van der Waals surface area contributed by atoms with E-state index in [1.165, 1.54) is 0 Å². The molecule has 2 nitrogen and oxygen atoms in total. The molecule has 0 aromatic rings. The van der Waals surface area contributed by atoms with Crippen LogP contribution in [0.3, 0.4) is 0 Å². The lowest BCUT2D eigenvalue weighted by Gasteiger charge is -2.36. The molecule has 1 aliphatic rings. The molecule has 4 atom stereocenters. The summed E-state index contributed by atoms with van der Waals surface area (Å²) in [5.41, 5.74) is 2.16. The first-order valence-electron chi connectivity index (χ1n) is 7.14. The van der Waals surface area contributed by atoms with Crippen LogP contribution < -0.4 is 0 Å². The summed E-state index contributed by atoms with van der Waals surface area (Å²) in [5, 5.41) is 20.8. The zero-order valence-corrected chi connectivity index (χ0v) is 12.4. The predicted octanol–water partition coefficient (Wildman–Crippen LogP) is 3.30. The van der Waals surface area contributed by atoms with Crippen LogP contribution in [0.5, 0.6) is 0 Å². The Bertz CT molecular complexity index is 328. The van der Waals surface area contributed by atoms with E-state index >= 15 is 0 Å². The summed E-state index contributed by atoms with van der Waals surface area (Å²) in [6.45, 7) is 10.3. The minimum absolute atomic E-state index is 0.149. The SMILES string of the molecule is CCCC(C)C1=CC=C(C)[C@@H](C(O)C(C)C)C1O. The van der Waals surface area contributed by atoms with Gasteiger partial charge in [0.15, 0.2) is 0 Å². The highest BCUT2D eigenvalue weighted by Crippen LogP contribution is 2.35. The Labute approximate surface area is 111 Å². The van der Waals surface area contributed by atoms with E-state index in [1.54, 1.807) is 0 Å². The maximum Gasteiger partial charge on any atom is 0.0845 e. The zero-order valence-electron chi connectivity index (χ0n) is 12.4. The van der Waals surface area contributed by atoms with E-state index in [-0.39, 0.29) is 11.8 Å². The second-order valence-corrected chi connectivity index (χ2v) is 5.97. The van der Waals surface area contributed by atoms with Crippen molar-refractivity contribution in [3.8, 4) is 0 Å². The Balaban J connectivity index is 2.92. The number of rotatable bonds is 5. The fourth-order valence-corrected chi connectivity index (χ4v) is 2.82. The average Bonchev–Trinajstić information content (AvgIpc) is 2.28. The van der Waals surface area contributed by atoms with Crippen LogP contribution in [0.4, 0.5) is 0 Å². The van der Waals surface area contributed by atoms with Crippen LogP contribution in [-0.2, 0) is 0 Å². The summed E-state index contributed by atoms with van der Waals surface area (Å²) in [7, 11) is 0. The Kier molecular flexibility index (Phi) is 5.61. The van der Waals surface area contributed by atoms with Gasteiger partial charge in [-0.15, -0.1) is 0 Å². The van der Waals surface area contributed by atoms with Gasteiger partial charge in [0.25, 0.3) is 0 Å². The van der Waals surface area contributed by atoms with E-state index in [0.29, 0.717) is 5.92 Å². The van der Waals surface area contributed by atoms with E-state index in [2.05, 4.69) is 19.9 Å². The maximum atomic E-state index is 10.5. The Morgan fingerprint density at radius 3 is 2.33 bits per heavy atom. The van der Waals surface area contributed by atoms with Crippen molar-refractivity contribution in [3.05, 3.63) is 23.3 Å². The molecule has 2 N–H and O–H groups in total. The molecule has 0 saturated heterocycles. The molecule has 3 unspecified atom stereocenters. The number of hydrogen-bond donors (Lipinski definition) is 2. The molecule has 0 fully saturated rings. The third-order valence-corrected chi connectivity index (χ3v) is 4.09. The summed E-state index contributed by atoms with van der Waals surface area (Å²) >= 11 is 0. The second-order valence-electron chi connectivity index (χ2n) is 5.97. The van der Waals surface area contributed by atoms with Gasteiger partial charge in [-0.05, 0) is 30.8 Å². The van der Waals surface area contributed by atoms with Crippen molar-refractivity contribution in [1.82, 2.24) is 0 Å². The summed E-state index contributed by atoms with van der Waals surface area (Å²) in [6, 6.07) is 0. The maximum absolute atomic E-state index is 10.5. The molecule has 0 saturated carbocycles. The summed E-state index contributed by atoms with van der Waals surface area (Å²) in [4.78, 5) is 0. The van der Waals surface area contributed by atoms with E-state index < -0.39 is 12.2 Å². The van der Waals surface area contributed by atoms with Gasteiger partial charge in [-0.25, -0.2) is 0 Å². The third kappa shape index (κ3) is 3.24. The van der Waals surface area contributed by atoms with Gasteiger partial charge in [0.2, 0.25) is 0 Å². The molecular formula is C16H28O2. The third-order valence-electron chi connectivity index (χ3n) is 4.09. The first kappa shape index (κ1) is 15.5. The normalized spacial score (nSPS) is 27.8. The first-order valence-corrected chi connectivity index (χ1v) is 7.14. The van der Waals surface area contributed by atoms with Crippen LogP contribution in [0.2, 0.25) is 0 Å². The number of aliphatic hydroxyl groups is 2. The monoisotopic (exact) mass is 252 g/mol. The van der Waals surface area contributed by atoms with E-state index in [4.69, 9.17) is 0 Å². The lowest BCUT2D eigenvalue weighted by Crippen LogP contribution is -2.39. The van der Waals surface area contributed by atoms with E-state index in [9.17, 15) is 10.2 Å². The highest BCUT2D eigenvalue weighted by Gasteiger charge is 2.35. The molecule has 0 aromatic heterocycles. The summed E-state index contributed by atoms with van der Waals surface area (Å²) in [6.07, 6.45) is 5.29. The van der Waals surface area contributed by atoms with Crippen LogP contribution in [0, 0.1) is 17.8 Å². The molecule has 0 aliphatic heterocycles. The van der Waals surface area contributed by atoms with Gasteiger partial charge in [-0.3, -0.25) is 0 Å². The minimum Gasteiger partial charge on any atom is -0.392 e.